The Hall–Kier alpha value is -2.68. The van der Waals surface area contributed by atoms with Crippen LogP contribution in [0.2, 0.25) is 0 Å². The molecule has 0 N–H and O–H groups in total. The van der Waals surface area contributed by atoms with Crippen LogP contribution in [0.3, 0.4) is 0 Å². The lowest BCUT2D eigenvalue weighted by Gasteiger charge is -2.14. The van der Waals surface area contributed by atoms with Gasteiger partial charge in [-0.3, -0.25) is 9.59 Å². The molecule has 1 unspecified atom stereocenters. The van der Waals surface area contributed by atoms with E-state index in [2.05, 4.69) is 0 Å². The second kappa shape index (κ2) is 7.20. The number of hydrogen-bond donors (Lipinski definition) is 0. The van der Waals surface area contributed by atoms with Crippen LogP contribution < -0.4 is 0 Å². The first-order chi connectivity index (χ1) is 10.2. The molecule has 3 nitrogen and oxygen atoms in total. The normalized spacial score (nSPS) is 12.0. The first-order valence-electron chi connectivity index (χ1n) is 6.66. The van der Waals surface area contributed by atoms with Crippen molar-refractivity contribution in [3.05, 3.63) is 77.9 Å². The number of rotatable bonds is 5. The van der Waals surface area contributed by atoms with Crippen LogP contribution in [0, 0.1) is 0 Å². The Kier molecular flexibility index (Phi) is 5.04. The van der Waals surface area contributed by atoms with Gasteiger partial charge in [-0.15, -0.1) is 0 Å². The second-order valence-electron chi connectivity index (χ2n) is 4.55. The van der Waals surface area contributed by atoms with Gasteiger partial charge in [0.15, 0.2) is 6.10 Å². The lowest BCUT2D eigenvalue weighted by atomic mass is 10.0. The van der Waals surface area contributed by atoms with Gasteiger partial charge in [-0.25, -0.2) is 0 Å². The van der Waals surface area contributed by atoms with Crippen LogP contribution in [-0.2, 0) is 14.3 Å². The number of carbonyl (C=O) groups excluding carboxylic acids is 2. The van der Waals surface area contributed by atoms with E-state index in [0.717, 1.165) is 5.56 Å². The van der Waals surface area contributed by atoms with E-state index in [1.54, 1.807) is 30.3 Å². The summed E-state index contributed by atoms with van der Waals surface area (Å²) in [4.78, 5) is 23.5. The zero-order chi connectivity index (χ0) is 15.1. The molecule has 0 aromatic heterocycles. The van der Waals surface area contributed by atoms with E-state index in [1.165, 1.54) is 13.0 Å². The van der Waals surface area contributed by atoms with Crippen molar-refractivity contribution in [1.82, 2.24) is 0 Å². The van der Waals surface area contributed by atoms with Crippen molar-refractivity contribution in [3.8, 4) is 0 Å². The average molecular weight is 280 g/mol. The van der Waals surface area contributed by atoms with Crippen molar-refractivity contribution in [2.75, 3.05) is 0 Å². The molecule has 2 rings (SSSR count). The highest BCUT2D eigenvalue weighted by Crippen LogP contribution is 2.19. The van der Waals surface area contributed by atoms with E-state index in [1.807, 2.05) is 36.4 Å². The lowest BCUT2D eigenvalue weighted by molar-refractivity contribution is -0.151. The average Bonchev–Trinajstić information content (AvgIpc) is 2.52. The Morgan fingerprint density at radius 2 is 1.52 bits per heavy atom. The Bertz CT molecular complexity index is 630. The summed E-state index contributed by atoms with van der Waals surface area (Å²) in [6.45, 7) is 1.30. The maximum absolute atomic E-state index is 12.3. The number of benzene rings is 2. The van der Waals surface area contributed by atoms with Gasteiger partial charge in [-0.1, -0.05) is 66.7 Å². The standard InChI is InChI=1S/C18H16O3/c1-14(19)21-18(16-10-6-3-7-11-16)17(20)13-12-15-8-4-2-5-9-15/h2-13,18H,1H3/b13-12+. The SMILES string of the molecule is CC(=O)OC(C(=O)/C=C/c1ccccc1)c1ccccc1. The predicted octanol–water partition coefficient (Wildman–Crippen LogP) is 3.57. The van der Waals surface area contributed by atoms with Crippen molar-refractivity contribution >= 4 is 17.8 Å². The maximum Gasteiger partial charge on any atom is 0.303 e. The Balaban J connectivity index is 2.19. The topological polar surface area (TPSA) is 43.4 Å². The zero-order valence-corrected chi connectivity index (χ0v) is 11.7. The van der Waals surface area contributed by atoms with Crippen molar-refractivity contribution in [2.24, 2.45) is 0 Å². The number of ketones is 1. The second-order valence-corrected chi connectivity index (χ2v) is 4.55. The summed E-state index contributed by atoms with van der Waals surface area (Å²) in [5.74, 6) is -0.745. The number of carbonyl (C=O) groups is 2. The van der Waals surface area contributed by atoms with Gasteiger partial charge in [-0.05, 0) is 11.6 Å². The molecule has 2 aromatic rings. The first-order valence-corrected chi connectivity index (χ1v) is 6.66. The molecule has 0 aliphatic carbocycles. The van der Waals surface area contributed by atoms with Gasteiger partial charge < -0.3 is 4.74 Å². The molecule has 0 aliphatic rings. The molecule has 0 saturated heterocycles. The molecule has 0 heterocycles. The van der Waals surface area contributed by atoms with E-state index in [4.69, 9.17) is 4.74 Å². The number of esters is 1. The molecule has 0 bridgehead atoms. The van der Waals surface area contributed by atoms with Crippen molar-refractivity contribution in [1.29, 1.82) is 0 Å². The molecular weight excluding hydrogens is 264 g/mol. The molecule has 0 radical (unpaired) electrons. The quantitative estimate of drug-likeness (QED) is 0.621. The third-order valence-corrected chi connectivity index (χ3v) is 2.88. The van der Waals surface area contributed by atoms with Crippen LogP contribution in [0.25, 0.3) is 6.08 Å². The summed E-state index contributed by atoms with van der Waals surface area (Å²) < 4.78 is 5.15. The van der Waals surface area contributed by atoms with Crippen LogP contribution in [0.15, 0.2) is 66.7 Å². The Morgan fingerprint density at radius 3 is 2.10 bits per heavy atom. The van der Waals surface area contributed by atoms with Gasteiger partial charge in [0.2, 0.25) is 5.78 Å². The summed E-state index contributed by atoms with van der Waals surface area (Å²) in [7, 11) is 0. The highest BCUT2D eigenvalue weighted by atomic mass is 16.5. The van der Waals surface area contributed by atoms with E-state index >= 15 is 0 Å². The fourth-order valence-electron chi connectivity index (χ4n) is 1.91. The lowest BCUT2D eigenvalue weighted by Crippen LogP contribution is -2.16. The van der Waals surface area contributed by atoms with Gasteiger partial charge in [0.05, 0.1) is 0 Å². The molecular formula is C18H16O3. The largest absolute Gasteiger partial charge is 0.449 e. The summed E-state index contributed by atoms with van der Waals surface area (Å²) >= 11 is 0. The van der Waals surface area contributed by atoms with Gasteiger partial charge in [0.25, 0.3) is 0 Å². The van der Waals surface area contributed by atoms with E-state index < -0.39 is 12.1 Å². The third kappa shape index (κ3) is 4.42. The summed E-state index contributed by atoms with van der Waals surface area (Å²) in [6, 6.07) is 18.5. The molecule has 0 saturated carbocycles. The van der Waals surface area contributed by atoms with Crippen LogP contribution >= 0.6 is 0 Å². The Labute approximate surface area is 123 Å². The molecule has 0 fully saturated rings. The maximum atomic E-state index is 12.3. The number of hydrogen-bond acceptors (Lipinski definition) is 3. The Morgan fingerprint density at radius 1 is 0.952 bits per heavy atom. The number of ether oxygens (including phenoxy) is 1. The van der Waals surface area contributed by atoms with Crippen molar-refractivity contribution in [2.45, 2.75) is 13.0 Å². The van der Waals surface area contributed by atoms with Crippen molar-refractivity contribution in [3.63, 3.8) is 0 Å². The van der Waals surface area contributed by atoms with E-state index in [9.17, 15) is 9.59 Å². The van der Waals surface area contributed by atoms with Crippen LogP contribution in [0.5, 0.6) is 0 Å². The molecule has 1 atom stereocenters. The summed E-state index contributed by atoms with van der Waals surface area (Å²) in [5.41, 5.74) is 1.58. The third-order valence-electron chi connectivity index (χ3n) is 2.88. The molecule has 21 heavy (non-hydrogen) atoms. The molecule has 106 valence electrons. The van der Waals surface area contributed by atoms with Gasteiger partial charge in [0.1, 0.15) is 0 Å². The van der Waals surface area contributed by atoms with Gasteiger partial charge in [0, 0.05) is 12.5 Å². The van der Waals surface area contributed by atoms with E-state index in [0.29, 0.717) is 5.56 Å². The fourth-order valence-corrected chi connectivity index (χ4v) is 1.91. The minimum Gasteiger partial charge on any atom is -0.449 e. The smallest absolute Gasteiger partial charge is 0.303 e. The zero-order valence-electron chi connectivity index (χ0n) is 11.7. The molecule has 0 spiro atoms. The monoisotopic (exact) mass is 280 g/mol. The van der Waals surface area contributed by atoms with E-state index in [-0.39, 0.29) is 5.78 Å². The minimum absolute atomic E-state index is 0.264. The summed E-state index contributed by atoms with van der Waals surface area (Å²) in [5, 5.41) is 0. The van der Waals surface area contributed by atoms with Crippen molar-refractivity contribution < 1.29 is 14.3 Å². The highest BCUT2D eigenvalue weighted by molar-refractivity contribution is 5.98. The van der Waals surface area contributed by atoms with Crippen LogP contribution in [0.1, 0.15) is 24.2 Å². The summed E-state index contributed by atoms with van der Waals surface area (Å²) in [6.07, 6.45) is 2.25. The van der Waals surface area contributed by atoms with Crippen LogP contribution in [-0.4, -0.2) is 11.8 Å². The molecule has 3 heteroatoms. The molecule has 0 aliphatic heterocycles. The highest BCUT2D eigenvalue weighted by Gasteiger charge is 2.21. The minimum atomic E-state index is -0.899. The molecule has 0 amide bonds. The van der Waals surface area contributed by atoms with Crippen LogP contribution in [0.4, 0.5) is 0 Å². The predicted molar refractivity (Wildman–Crippen MR) is 81.4 cm³/mol. The molecule has 2 aromatic carbocycles. The fraction of sp³-hybridized carbons (Fsp3) is 0.111. The van der Waals surface area contributed by atoms with Gasteiger partial charge >= 0.3 is 5.97 Å². The first kappa shape index (κ1) is 14.7. The van der Waals surface area contributed by atoms with Gasteiger partial charge in [-0.2, -0.15) is 0 Å².